The Kier molecular flexibility index (Phi) is 4.49. The van der Waals surface area contributed by atoms with E-state index in [0.717, 1.165) is 9.13 Å². The number of hydrogen-bond donors (Lipinski definition) is 1. The molecule has 122 valence electrons. The molecular formula is C16H17FN2O4. The molecule has 0 aliphatic carbocycles. The van der Waals surface area contributed by atoms with Gasteiger partial charge >= 0.3 is 11.7 Å². The molecule has 1 N–H and O–H groups in total. The molecule has 0 aliphatic rings. The quantitative estimate of drug-likeness (QED) is 0.931. The van der Waals surface area contributed by atoms with Gasteiger partial charge in [0.15, 0.2) is 0 Å². The van der Waals surface area contributed by atoms with E-state index >= 15 is 0 Å². The summed E-state index contributed by atoms with van der Waals surface area (Å²) in [5, 5.41) is 8.94. The summed E-state index contributed by atoms with van der Waals surface area (Å²) in [5.41, 5.74) is -0.578. The minimum atomic E-state index is -1.21. The van der Waals surface area contributed by atoms with Crippen molar-refractivity contribution in [2.75, 3.05) is 0 Å². The number of aliphatic carboxylic acids is 1. The molecule has 0 atom stereocenters. The van der Waals surface area contributed by atoms with Crippen LogP contribution in [0.5, 0.6) is 0 Å². The highest BCUT2D eigenvalue weighted by atomic mass is 19.1. The van der Waals surface area contributed by atoms with Gasteiger partial charge in [-0.1, -0.05) is 12.1 Å². The number of nitrogens with zero attached hydrogens (tertiary/aromatic N) is 2. The van der Waals surface area contributed by atoms with Crippen molar-refractivity contribution >= 4 is 5.97 Å². The van der Waals surface area contributed by atoms with E-state index < -0.39 is 35.6 Å². The summed E-state index contributed by atoms with van der Waals surface area (Å²) in [7, 11) is 0. The zero-order valence-electron chi connectivity index (χ0n) is 13.0. The largest absolute Gasteiger partial charge is 0.480 e. The Morgan fingerprint density at radius 3 is 2.48 bits per heavy atom. The number of carboxylic acids is 1. The number of benzene rings is 1. The lowest BCUT2D eigenvalue weighted by molar-refractivity contribution is -0.137. The molecule has 7 heteroatoms. The fraction of sp³-hybridized carbons (Fsp3) is 0.312. The van der Waals surface area contributed by atoms with Gasteiger partial charge in [-0.25, -0.2) is 9.18 Å². The minimum Gasteiger partial charge on any atom is -0.480 e. The molecule has 0 spiro atoms. The highest BCUT2D eigenvalue weighted by Gasteiger charge is 2.18. The summed E-state index contributed by atoms with van der Waals surface area (Å²) in [6, 6.07) is 3.84. The molecular weight excluding hydrogens is 303 g/mol. The van der Waals surface area contributed by atoms with E-state index in [0.29, 0.717) is 5.56 Å². The maximum atomic E-state index is 13.8. The Balaban J connectivity index is 2.86. The number of halogens is 1. The molecule has 0 saturated heterocycles. The second-order valence-electron chi connectivity index (χ2n) is 5.53. The minimum absolute atomic E-state index is 0.0940. The van der Waals surface area contributed by atoms with Gasteiger partial charge < -0.3 is 5.11 Å². The van der Waals surface area contributed by atoms with E-state index in [2.05, 4.69) is 0 Å². The van der Waals surface area contributed by atoms with Crippen LogP contribution in [-0.2, 0) is 11.3 Å². The van der Waals surface area contributed by atoms with E-state index in [-0.39, 0.29) is 11.1 Å². The van der Waals surface area contributed by atoms with Crippen molar-refractivity contribution in [1.82, 2.24) is 9.13 Å². The molecule has 0 radical (unpaired) electrons. The number of carboxylic acid groups (broad SMARTS) is 1. The van der Waals surface area contributed by atoms with Crippen LogP contribution in [0.2, 0.25) is 0 Å². The van der Waals surface area contributed by atoms with E-state index in [1.54, 1.807) is 19.9 Å². The van der Waals surface area contributed by atoms with Gasteiger partial charge in [-0.05, 0) is 38.0 Å². The first-order valence-corrected chi connectivity index (χ1v) is 7.07. The number of rotatable bonds is 4. The third-order valence-corrected chi connectivity index (χ3v) is 3.57. The average molecular weight is 320 g/mol. The van der Waals surface area contributed by atoms with Crippen LogP contribution in [0.4, 0.5) is 4.39 Å². The SMILES string of the molecule is Cc1c(F)cccc1-c1cn(CC(=O)O)c(=O)n(C(C)C)c1=O. The molecule has 2 aromatic rings. The summed E-state index contributed by atoms with van der Waals surface area (Å²) in [6.45, 7) is 4.25. The van der Waals surface area contributed by atoms with Crippen LogP contribution in [0.1, 0.15) is 25.5 Å². The molecule has 6 nitrogen and oxygen atoms in total. The van der Waals surface area contributed by atoms with Crippen LogP contribution in [0.25, 0.3) is 11.1 Å². The lowest BCUT2D eigenvalue weighted by Crippen LogP contribution is -2.42. The number of hydrogen-bond acceptors (Lipinski definition) is 3. The molecule has 1 aromatic heterocycles. The normalized spacial score (nSPS) is 11.0. The highest BCUT2D eigenvalue weighted by molar-refractivity contribution is 5.68. The van der Waals surface area contributed by atoms with E-state index in [1.807, 2.05) is 0 Å². The first kappa shape index (κ1) is 16.7. The lowest BCUT2D eigenvalue weighted by atomic mass is 10.0. The lowest BCUT2D eigenvalue weighted by Gasteiger charge is -2.15. The summed E-state index contributed by atoms with van der Waals surface area (Å²) in [6.07, 6.45) is 1.18. The van der Waals surface area contributed by atoms with E-state index in [1.165, 1.54) is 25.3 Å². The van der Waals surface area contributed by atoms with Crippen molar-refractivity contribution in [3.63, 3.8) is 0 Å². The van der Waals surface area contributed by atoms with Crippen molar-refractivity contribution in [3.8, 4) is 11.1 Å². The Bertz CT molecular complexity index is 881. The van der Waals surface area contributed by atoms with Gasteiger partial charge in [-0.2, -0.15) is 0 Å². The molecule has 0 saturated carbocycles. The fourth-order valence-electron chi connectivity index (χ4n) is 2.42. The number of aromatic nitrogens is 2. The molecule has 0 aliphatic heterocycles. The molecule has 0 bridgehead atoms. The zero-order valence-corrected chi connectivity index (χ0v) is 13.0. The maximum absolute atomic E-state index is 13.8. The molecule has 23 heavy (non-hydrogen) atoms. The monoisotopic (exact) mass is 320 g/mol. The summed E-state index contributed by atoms with van der Waals surface area (Å²) < 4.78 is 15.7. The molecule has 0 unspecified atom stereocenters. The molecule has 0 amide bonds. The molecule has 1 heterocycles. The van der Waals surface area contributed by atoms with Crippen LogP contribution in [0, 0.1) is 12.7 Å². The number of carbonyl (C=O) groups is 1. The topological polar surface area (TPSA) is 81.3 Å². The van der Waals surface area contributed by atoms with Crippen LogP contribution >= 0.6 is 0 Å². The van der Waals surface area contributed by atoms with Crippen molar-refractivity contribution < 1.29 is 14.3 Å². The molecule has 0 fully saturated rings. The van der Waals surface area contributed by atoms with Crippen LogP contribution < -0.4 is 11.2 Å². The van der Waals surface area contributed by atoms with Crippen LogP contribution in [-0.4, -0.2) is 20.2 Å². The van der Waals surface area contributed by atoms with Gasteiger partial charge in [-0.3, -0.25) is 18.7 Å². The smallest absolute Gasteiger partial charge is 0.331 e. The summed E-state index contributed by atoms with van der Waals surface area (Å²) in [4.78, 5) is 35.9. The van der Waals surface area contributed by atoms with Gasteiger partial charge in [-0.15, -0.1) is 0 Å². The molecule has 2 rings (SSSR count). The second kappa shape index (κ2) is 6.20. The van der Waals surface area contributed by atoms with Crippen molar-refractivity contribution in [2.24, 2.45) is 0 Å². The Morgan fingerprint density at radius 2 is 1.91 bits per heavy atom. The molecule has 1 aromatic carbocycles. The highest BCUT2D eigenvalue weighted by Crippen LogP contribution is 2.22. The van der Waals surface area contributed by atoms with Crippen molar-refractivity contribution in [1.29, 1.82) is 0 Å². The van der Waals surface area contributed by atoms with E-state index in [9.17, 15) is 18.8 Å². The predicted molar refractivity (Wildman–Crippen MR) is 83.1 cm³/mol. The third-order valence-electron chi connectivity index (χ3n) is 3.57. The Hall–Kier alpha value is -2.70. The Labute approximate surface area is 131 Å². The van der Waals surface area contributed by atoms with Gasteiger partial charge in [0.05, 0.1) is 5.56 Å². The van der Waals surface area contributed by atoms with Crippen LogP contribution in [0.3, 0.4) is 0 Å². The predicted octanol–water partition coefficient (Wildman–Crippen LogP) is 1.79. The van der Waals surface area contributed by atoms with Gasteiger partial charge in [0, 0.05) is 12.2 Å². The van der Waals surface area contributed by atoms with Gasteiger partial charge in [0.2, 0.25) is 0 Å². The standard InChI is InChI=1S/C16H17FN2O4/c1-9(2)19-15(22)12(7-18(16(19)23)8-14(20)21)11-5-4-6-13(17)10(11)3/h4-7,9H,8H2,1-3H3,(H,20,21). The van der Waals surface area contributed by atoms with Gasteiger partial charge in [0.25, 0.3) is 5.56 Å². The van der Waals surface area contributed by atoms with Crippen molar-refractivity contribution in [2.45, 2.75) is 33.4 Å². The van der Waals surface area contributed by atoms with Gasteiger partial charge in [0.1, 0.15) is 12.4 Å². The van der Waals surface area contributed by atoms with Crippen molar-refractivity contribution in [3.05, 3.63) is 56.6 Å². The fourth-order valence-corrected chi connectivity index (χ4v) is 2.42. The second-order valence-corrected chi connectivity index (χ2v) is 5.53. The van der Waals surface area contributed by atoms with E-state index in [4.69, 9.17) is 5.11 Å². The summed E-state index contributed by atoms with van der Waals surface area (Å²) >= 11 is 0. The zero-order chi connectivity index (χ0) is 17.3. The van der Waals surface area contributed by atoms with Crippen LogP contribution in [0.15, 0.2) is 34.0 Å². The Morgan fingerprint density at radius 1 is 1.26 bits per heavy atom. The third kappa shape index (κ3) is 3.08. The summed E-state index contributed by atoms with van der Waals surface area (Å²) in [5.74, 6) is -1.68. The first-order chi connectivity index (χ1) is 10.7. The average Bonchev–Trinajstić information content (AvgIpc) is 2.44. The maximum Gasteiger partial charge on any atom is 0.331 e. The first-order valence-electron chi connectivity index (χ1n) is 7.07.